The zero-order valence-corrected chi connectivity index (χ0v) is 8.62. The van der Waals surface area contributed by atoms with E-state index in [2.05, 4.69) is 11.6 Å². The Morgan fingerprint density at radius 2 is 1.64 bits per heavy atom. The number of unbranched alkanes of at least 4 members (excludes halogenated alkanes) is 4. The van der Waals surface area contributed by atoms with Crippen LogP contribution >= 0.6 is 11.8 Å². The van der Waals surface area contributed by atoms with Crippen LogP contribution in [-0.4, -0.2) is 25.6 Å². The Morgan fingerprint density at radius 3 is 2.27 bits per heavy atom. The van der Waals surface area contributed by atoms with Gasteiger partial charge in [0.1, 0.15) is 0 Å². The molecule has 0 heterocycles. The van der Waals surface area contributed by atoms with Crippen LogP contribution in [0.15, 0.2) is 0 Å². The molecule has 68 valence electrons. The number of rotatable bonds is 8. The number of nitrogens with zero attached hydrogens (tertiary/aromatic N) is 1. The molecule has 0 aliphatic rings. The first-order chi connectivity index (χ1) is 5.41. The Kier molecular flexibility index (Phi) is 10.6. The summed E-state index contributed by atoms with van der Waals surface area (Å²) in [6.07, 6.45) is 9.03. The molecule has 0 fully saturated rings. The molecule has 0 unspecified atom stereocenters. The highest BCUT2D eigenvalue weighted by Gasteiger charge is 1.87. The summed E-state index contributed by atoms with van der Waals surface area (Å²) in [5.41, 5.74) is 0. The fourth-order valence-corrected chi connectivity index (χ4v) is 1.54. The fourth-order valence-electron chi connectivity index (χ4n) is 1.05. The summed E-state index contributed by atoms with van der Waals surface area (Å²) in [4.78, 5) is 0. The minimum atomic E-state index is 1.06. The van der Waals surface area contributed by atoms with Gasteiger partial charge in [-0.2, -0.15) is 18.8 Å². The average molecular weight is 174 g/mol. The van der Waals surface area contributed by atoms with Crippen molar-refractivity contribution in [3.63, 3.8) is 0 Å². The smallest absolute Gasteiger partial charge is 0.00703 e. The summed E-state index contributed by atoms with van der Waals surface area (Å²) >= 11 is 1.95. The second kappa shape index (κ2) is 10.3. The second-order valence-corrected chi connectivity index (χ2v) is 3.79. The van der Waals surface area contributed by atoms with Gasteiger partial charge in [-0.1, -0.05) is 25.7 Å². The van der Waals surface area contributed by atoms with Crippen LogP contribution in [-0.2, 0) is 0 Å². The highest BCUT2D eigenvalue weighted by molar-refractivity contribution is 7.98. The molecule has 0 aliphatic heterocycles. The van der Waals surface area contributed by atoms with Gasteiger partial charge in [0.25, 0.3) is 0 Å². The summed E-state index contributed by atoms with van der Waals surface area (Å²) in [6, 6.07) is 0. The predicted octanol–water partition coefficient (Wildman–Crippen LogP) is 3.30. The largest absolute Gasteiger partial charge is 0.665 e. The molecule has 0 aromatic rings. The monoisotopic (exact) mass is 174 g/mol. The van der Waals surface area contributed by atoms with Crippen LogP contribution in [0.25, 0.3) is 5.32 Å². The first-order valence-electron chi connectivity index (χ1n) is 4.46. The first kappa shape index (κ1) is 11.3. The third kappa shape index (κ3) is 10.3. The van der Waals surface area contributed by atoms with Crippen molar-refractivity contribution in [2.75, 3.05) is 25.6 Å². The van der Waals surface area contributed by atoms with Gasteiger partial charge in [0.05, 0.1) is 0 Å². The van der Waals surface area contributed by atoms with Gasteiger partial charge in [-0.05, 0) is 18.4 Å². The SMILES string of the molecule is C[N-]CCCCCCCSC. The van der Waals surface area contributed by atoms with Crippen LogP contribution in [0.1, 0.15) is 32.1 Å². The zero-order chi connectivity index (χ0) is 8.36. The third-order valence-electron chi connectivity index (χ3n) is 1.73. The Hall–Kier alpha value is 0.310. The van der Waals surface area contributed by atoms with Gasteiger partial charge in [0, 0.05) is 0 Å². The first-order valence-corrected chi connectivity index (χ1v) is 5.85. The third-order valence-corrected chi connectivity index (χ3v) is 2.43. The van der Waals surface area contributed by atoms with Crippen molar-refractivity contribution < 1.29 is 0 Å². The van der Waals surface area contributed by atoms with E-state index in [-0.39, 0.29) is 0 Å². The quantitative estimate of drug-likeness (QED) is 0.515. The van der Waals surface area contributed by atoms with Crippen LogP contribution in [0.2, 0.25) is 0 Å². The second-order valence-electron chi connectivity index (χ2n) is 2.80. The molecule has 0 spiro atoms. The molecule has 0 atom stereocenters. The minimum absolute atomic E-state index is 1.06. The summed E-state index contributed by atoms with van der Waals surface area (Å²) in [5, 5.41) is 4.07. The van der Waals surface area contributed by atoms with Crippen molar-refractivity contribution in [3.8, 4) is 0 Å². The Morgan fingerprint density at radius 1 is 1.00 bits per heavy atom. The molecule has 1 nitrogen and oxygen atoms in total. The van der Waals surface area contributed by atoms with E-state index >= 15 is 0 Å². The Labute approximate surface area is 75.3 Å². The normalized spacial score (nSPS) is 10.4. The van der Waals surface area contributed by atoms with Crippen LogP contribution < -0.4 is 0 Å². The Bertz CT molecular complexity index is 58.6. The molecule has 0 bridgehead atoms. The molecule has 0 amide bonds. The lowest BCUT2D eigenvalue weighted by atomic mass is 10.1. The van der Waals surface area contributed by atoms with E-state index in [1.807, 2.05) is 18.8 Å². The zero-order valence-electron chi connectivity index (χ0n) is 7.81. The summed E-state index contributed by atoms with van der Waals surface area (Å²) in [7, 11) is 1.90. The number of hydrogen-bond acceptors (Lipinski definition) is 1. The van der Waals surface area contributed by atoms with E-state index in [0.717, 1.165) is 6.54 Å². The van der Waals surface area contributed by atoms with Crippen molar-refractivity contribution in [1.82, 2.24) is 0 Å². The Balaban J connectivity index is 2.69. The van der Waals surface area contributed by atoms with Crippen LogP contribution in [0.4, 0.5) is 0 Å². The van der Waals surface area contributed by atoms with Crippen LogP contribution in [0, 0.1) is 0 Å². The molecular weight excluding hydrogens is 154 g/mol. The molecule has 0 rings (SSSR count). The topological polar surface area (TPSA) is 14.1 Å². The van der Waals surface area contributed by atoms with Crippen molar-refractivity contribution >= 4 is 11.8 Å². The van der Waals surface area contributed by atoms with Crippen molar-refractivity contribution in [1.29, 1.82) is 0 Å². The maximum absolute atomic E-state index is 4.07. The molecule has 11 heavy (non-hydrogen) atoms. The lowest BCUT2D eigenvalue weighted by molar-refractivity contribution is 0.651. The van der Waals surface area contributed by atoms with E-state index in [4.69, 9.17) is 0 Å². The summed E-state index contributed by atoms with van der Waals surface area (Å²) in [5.74, 6) is 1.33. The predicted molar refractivity (Wildman–Crippen MR) is 55.6 cm³/mol. The van der Waals surface area contributed by atoms with Gasteiger partial charge in [0.15, 0.2) is 0 Å². The number of hydrogen-bond donors (Lipinski definition) is 0. The van der Waals surface area contributed by atoms with E-state index in [0.29, 0.717) is 0 Å². The van der Waals surface area contributed by atoms with Gasteiger partial charge in [-0.3, -0.25) is 0 Å². The lowest BCUT2D eigenvalue weighted by Crippen LogP contribution is -1.84. The lowest BCUT2D eigenvalue weighted by Gasteiger charge is -2.09. The van der Waals surface area contributed by atoms with Crippen molar-refractivity contribution in [3.05, 3.63) is 5.32 Å². The molecule has 0 radical (unpaired) electrons. The van der Waals surface area contributed by atoms with E-state index in [9.17, 15) is 0 Å². The van der Waals surface area contributed by atoms with Crippen molar-refractivity contribution in [2.24, 2.45) is 0 Å². The molecule has 0 aliphatic carbocycles. The molecule has 0 aromatic heterocycles. The van der Waals surface area contributed by atoms with Gasteiger partial charge in [-0.15, -0.1) is 6.54 Å². The van der Waals surface area contributed by atoms with Gasteiger partial charge in [-0.25, -0.2) is 0 Å². The summed E-state index contributed by atoms with van der Waals surface area (Å²) in [6.45, 7) is 1.06. The highest BCUT2D eigenvalue weighted by atomic mass is 32.2. The highest BCUT2D eigenvalue weighted by Crippen LogP contribution is 2.06. The number of thioether (sulfide) groups is 1. The van der Waals surface area contributed by atoms with E-state index in [1.54, 1.807) is 0 Å². The van der Waals surface area contributed by atoms with E-state index in [1.165, 1.54) is 37.9 Å². The van der Waals surface area contributed by atoms with Gasteiger partial charge in [0.2, 0.25) is 0 Å². The summed E-state index contributed by atoms with van der Waals surface area (Å²) < 4.78 is 0. The molecule has 0 N–H and O–H groups in total. The molecule has 0 saturated heterocycles. The van der Waals surface area contributed by atoms with E-state index < -0.39 is 0 Å². The maximum atomic E-state index is 4.07. The molecular formula is C9H20NS-. The van der Waals surface area contributed by atoms with Crippen molar-refractivity contribution in [2.45, 2.75) is 32.1 Å². The van der Waals surface area contributed by atoms with Crippen LogP contribution in [0.3, 0.4) is 0 Å². The standard InChI is InChI=1S/C9H20NS/c1-10-8-6-4-3-5-7-9-11-2/h3-9H2,1-2H3/q-1. The molecule has 0 aromatic carbocycles. The minimum Gasteiger partial charge on any atom is -0.665 e. The van der Waals surface area contributed by atoms with Gasteiger partial charge < -0.3 is 5.32 Å². The van der Waals surface area contributed by atoms with Crippen LogP contribution in [0.5, 0.6) is 0 Å². The molecule has 2 heteroatoms. The fraction of sp³-hybridized carbons (Fsp3) is 1.00. The molecule has 0 saturated carbocycles. The van der Waals surface area contributed by atoms with Gasteiger partial charge >= 0.3 is 0 Å². The average Bonchev–Trinajstić information content (AvgIpc) is 2.03. The maximum Gasteiger partial charge on any atom is -0.00703 e.